The van der Waals surface area contributed by atoms with Gasteiger partial charge in [-0.15, -0.1) is 0 Å². The third kappa shape index (κ3) is 4.31. The number of carbonyl (C=O) groups is 1. The van der Waals surface area contributed by atoms with E-state index in [0.29, 0.717) is 25.2 Å². The highest BCUT2D eigenvalue weighted by Crippen LogP contribution is 2.28. The summed E-state index contributed by atoms with van der Waals surface area (Å²) >= 11 is 0. The molecule has 0 aliphatic carbocycles. The van der Waals surface area contributed by atoms with Crippen LogP contribution in [0.1, 0.15) is 28.5 Å². The first-order valence-corrected chi connectivity index (χ1v) is 11.7. The molecule has 1 aliphatic heterocycles. The highest BCUT2D eigenvalue weighted by Gasteiger charge is 2.25. The molecule has 0 radical (unpaired) electrons. The second-order valence-electron chi connectivity index (χ2n) is 8.73. The van der Waals surface area contributed by atoms with E-state index in [9.17, 15) is 9.18 Å². The minimum absolute atomic E-state index is 0.0193. The number of aryl methyl sites for hydroxylation is 1. The molecule has 3 heterocycles. The standard InChI is InChI=1S/C27H28FN5O/c1-3-33-19(2)24(17-29-33)26-16-23(22-9-4-5-10-25(22)30-26)27(34)32-13-11-31(12-14-32)18-20-7-6-8-21(28)15-20/h4-10,15-17H,3,11-14,18H2,1-2H3. The molecule has 5 rings (SSSR count). The van der Waals surface area contributed by atoms with Crippen LogP contribution in [-0.4, -0.2) is 56.7 Å². The van der Waals surface area contributed by atoms with Crippen LogP contribution < -0.4 is 0 Å². The molecule has 0 N–H and O–H groups in total. The van der Waals surface area contributed by atoms with Gasteiger partial charge in [0.2, 0.25) is 0 Å². The van der Waals surface area contributed by atoms with Gasteiger partial charge in [0, 0.05) is 55.9 Å². The Bertz CT molecular complexity index is 1340. The lowest BCUT2D eigenvalue weighted by Gasteiger charge is -2.35. The molecule has 1 aliphatic rings. The summed E-state index contributed by atoms with van der Waals surface area (Å²) in [4.78, 5) is 22.7. The summed E-state index contributed by atoms with van der Waals surface area (Å²) in [5, 5.41) is 5.32. The Kier molecular flexibility index (Phi) is 6.11. The van der Waals surface area contributed by atoms with Crippen LogP contribution in [0.5, 0.6) is 0 Å². The van der Waals surface area contributed by atoms with Crippen molar-refractivity contribution >= 4 is 16.8 Å². The number of halogens is 1. The van der Waals surface area contributed by atoms with E-state index in [1.807, 2.05) is 59.1 Å². The average Bonchev–Trinajstić information content (AvgIpc) is 3.23. The van der Waals surface area contributed by atoms with Crippen LogP contribution in [-0.2, 0) is 13.1 Å². The lowest BCUT2D eigenvalue weighted by atomic mass is 10.0. The number of pyridine rings is 1. The van der Waals surface area contributed by atoms with Gasteiger partial charge in [0.25, 0.3) is 5.91 Å². The maximum absolute atomic E-state index is 13.7. The molecule has 34 heavy (non-hydrogen) atoms. The third-order valence-electron chi connectivity index (χ3n) is 6.58. The normalized spacial score (nSPS) is 14.6. The molecule has 7 heteroatoms. The molecular formula is C27H28FN5O. The molecule has 0 saturated carbocycles. The molecule has 4 aromatic rings. The molecule has 2 aromatic carbocycles. The molecule has 0 spiro atoms. The van der Waals surface area contributed by atoms with E-state index < -0.39 is 0 Å². The van der Waals surface area contributed by atoms with Gasteiger partial charge in [0.1, 0.15) is 5.82 Å². The fourth-order valence-electron chi connectivity index (χ4n) is 4.68. The first-order chi connectivity index (χ1) is 16.5. The van der Waals surface area contributed by atoms with E-state index in [-0.39, 0.29) is 11.7 Å². The predicted molar refractivity (Wildman–Crippen MR) is 131 cm³/mol. The Morgan fingerprint density at radius 2 is 1.82 bits per heavy atom. The first-order valence-electron chi connectivity index (χ1n) is 11.7. The molecular weight excluding hydrogens is 429 g/mol. The van der Waals surface area contributed by atoms with Crippen molar-refractivity contribution in [2.75, 3.05) is 26.2 Å². The van der Waals surface area contributed by atoms with Crippen molar-refractivity contribution in [1.82, 2.24) is 24.6 Å². The number of fused-ring (bicyclic) bond motifs is 1. The molecule has 0 atom stereocenters. The molecule has 2 aromatic heterocycles. The number of rotatable bonds is 5. The van der Waals surface area contributed by atoms with Crippen molar-refractivity contribution in [3.05, 3.63) is 83.4 Å². The van der Waals surface area contributed by atoms with Gasteiger partial charge in [0.15, 0.2) is 0 Å². The quantitative estimate of drug-likeness (QED) is 0.442. The van der Waals surface area contributed by atoms with Crippen LogP contribution in [0.2, 0.25) is 0 Å². The number of amides is 1. The predicted octanol–water partition coefficient (Wildman–Crippen LogP) is 4.52. The Morgan fingerprint density at radius 3 is 2.56 bits per heavy atom. The number of hydrogen-bond acceptors (Lipinski definition) is 4. The summed E-state index contributed by atoms with van der Waals surface area (Å²) in [6.45, 7) is 8.32. The van der Waals surface area contributed by atoms with Crippen LogP contribution in [0.15, 0.2) is 60.8 Å². The van der Waals surface area contributed by atoms with Crippen LogP contribution in [0.3, 0.4) is 0 Å². The number of piperazine rings is 1. The minimum atomic E-state index is -0.216. The van der Waals surface area contributed by atoms with Crippen molar-refractivity contribution in [2.24, 2.45) is 0 Å². The second kappa shape index (κ2) is 9.35. The van der Waals surface area contributed by atoms with Gasteiger partial charge in [0.05, 0.1) is 23.0 Å². The summed E-state index contributed by atoms with van der Waals surface area (Å²) in [5.41, 5.74) is 5.17. The monoisotopic (exact) mass is 457 g/mol. The van der Waals surface area contributed by atoms with Crippen molar-refractivity contribution in [3.63, 3.8) is 0 Å². The molecule has 174 valence electrons. The van der Waals surface area contributed by atoms with Crippen LogP contribution in [0.25, 0.3) is 22.2 Å². The van der Waals surface area contributed by atoms with E-state index >= 15 is 0 Å². The molecule has 0 unspecified atom stereocenters. The van der Waals surface area contributed by atoms with Crippen LogP contribution >= 0.6 is 0 Å². The summed E-state index contributed by atoms with van der Waals surface area (Å²) in [6, 6.07) is 16.4. The number of para-hydroxylation sites is 1. The molecule has 0 bridgehead atoms. The van der Waals surface area contributed by atoms with E-state index in [4.69, 9.17) is 4.98 Å². The van der Waals surface area contributed by atoms with E-state index in [1.165, 1.54) is 6.07 Å². The van der Waals surface area contributed by atoms with Gasteiger partial charge >= 0.3 is 0 Å². The Balaban J connectivity index is 1.39. The van der Waals surface area contributed by atoms with E-state index in [2.05, 4.69) is 16.9 Å². The molecule has 6 nitrogen and oxygen atoms in total. The maximum atomic E-state index is 13.7. The number of benzene rings is 2. The first kappa shape index (κ1) is 22.2. The van der Waals surface area contributed by atoms with E-state index in [0.717, 1.165) is 53.1 Å². The van der Waals surface area contributed by atoms with Crippen molar-refractivity contribution in [3.8, 4) is 11.3 Å². The highest BCUT2D eigenvalue weighted by molar-refractivity contribution is 6.07. The summed E-state index contributed by atoms with van der Waals surface area (Å²) < 4.78 is 15.5. The number of nitrogens with zero attached hydrogens (tertiary/aromatic N) is 5. The lowest BCUT2D eigenvalue weighted by molar-refractivity contribution is 0.0630. The summed E-state index contributed by atoms with van der Waals surface area (Å²) in [5.74, 6) is -0.197. The lowest BCUT2D eigenvalue weighted by Crippen LogP contribution is -2.48. The number of carbonyl (C=O) groups excluding carboxylic acids is 1. The fraction of sp³-hybridized carbons (Fsp3) is 0.296. The number of hydrogen-bond donors (Lipinski definition) is 0. The van der Waals surface area contributed by atoms with Crippen molar-refractivity contribution in [1.29, 1.82) is 0 Å². The van der Waals surface area contributed by atoms with E-state index in [1.54, 1.807) is 12.1 Å². The van der Waals surface area contributed by atoms with Gasteiger partial charge in [-0.05, 0) is 43.7 Å². The van der Waals surface area contributed by atoms with Crippen molar-refractivity contribution in [2.45, 2.75) is 26.9 Å². The largest absolute Gasteiger partial charge is 0.336 e. The van der Waals surface area contributed by atoms with Gasteiger partial charge in [-0.2, -0.15) is 5.10 Å². The highest BCUT2D eigenvalue weighted by atomic mass is 19.1. The Labute approximate surface area is 198 Å². The maximum Gasteiger partial charge on any atom is 0.254 e. The van der Waals surface area contributed by atoms with Crippen molar-refractivity contribution < 1.29 is 9.18 Å². The zero-order valence-electron chi connectivity index (χ0n) is 19.5. The molecule has 1 fully saturated rings. The zero-order valence-corrected chi connectivity index (χ0v) is 19.5. The minimum Gasteiger partial charge on any atom is -0.336 e. The van der Waals surface area contributed by atoms with Gasteiger partial charge in [-0.25, -0.2) is 9.37 Å². The van der Waals surface area contributed by atoms with Crippen LogP contribution in [0.4, 0.5) is 4.39 Å². The Morgan fingerprint density at radius 1 is 1.03 bits per heavy atom. The second-order valence-corrected chi connectivity index (χ2v) is 8.73. The van der Waals surface area contributed by atoms with Gasteiger partial charge < -0.3 is 4.90 Å². The topological polar surface area (TPSA) is 54.3 Å². The number of aromatic nitrogens is 3. The zero-order chi connectivity index (χ0) is 23.7. The fourth-order valence-corrected chi connectivity index (χ4v) is 4.68. The Hall–Kier alpha value is -3.58. The van der Waals surface area contributed by atoms with Gasteiger partial charge in [-0.3, -0.25) is 14.4 Å². The SMILES string of the molecule is CCn1ncc(-c2cc(C(=O)N3CCN(Cc4cccc(F)c4)CC3)c3ccccc3n2)c1C. The third-order valence-corrected chi connectivity index (χ3v) is 6.58. The smallest absolute Gasteiger partial charge is 0.254 e. The average molecular weight is 458 g/mol. The summed E-state index contributed by atoms with van der Waals surface area (Å²) in [6.07, 6.45) is 1.83. The molecule has 1 amide bonds. The van der Waals surface area contributed by atoms with Gasteiger partial charge in [-0.1, -0.05) is 30.3 Å². The van der Waals surface area contributed by atoms with Crippen LogP contribution in [0, 0.1) is 12.7 Å². The molecule has 1 saturated heterocycles. The summed E-state index contributed by atoms with van der Waals surface area (Å²) in [7, 11) is 0.